The van der Waals surface area contributed by atoms with Gasteiger partial charge in [0, 0.05) is 6.54 Å². The highest BCUT2D eigenvalue weighted by atomic mass is 16.5. The van der Waals surface area contributed by atoms with Crippen LogP contribution in [0.1, 0.15) is 34.9 Å². The van der Waals surface area contributed by atoms with Crippen molar-refractivity contribution in [2.45, 2.75) is 19.4 Å². The van der Waals surface area contributed by atoms with Crippen molar-refractivity contribution in [1.82, 2.24) is 20.0 Å². The van der Waals surface area contributed by atoms with Gasteiger partial charge in [0.15, 0.2) is 11.4 Å². The highest BCUT2D eigenvalue weighted by molar-refractivity contribution is 5.89. The molecule has 0 aliphatic heterocycles. The number of rotatable bonds is 6. The molecular formula is C20H18N4O4. The van der Waals surface area contributed by atoms with Crippen LogP contribution in [-0.4, -0.2) is 27.2 Å². The van der Waals surface area contributed by atoms with E-state index in [1.54, 1.807) is 24.3 Å². The quantitative estimate of drug-likeness (QED) is 0.553. The fraction of sp³-hybridized carbons (Fsp3) is 0.200. The maximum atomic E-state index is 12.3. The molecule has 1 N–H and O–H groups in total. The van der Waals surface area contributed by atoms with E-state index in [9.17, 15) is 9.59 Å². The van der Waals surface area contributed by atoms with Gasteiger partial charge in [-0.2, -0.15) is 4.98 Å². The number of carbonyl (C=O) groups excluding carboxylic acids is 1. The second kappa shape index (κ2) is 7.51. The summed E-state index contributed by atoms with van der Waals surface area (Å²) in [6, 6.07) is 16.9. The van der Waals surface area contributed by atoms with Gasteiger partial charge in [-0.25, -0.2) is 4.79 Å². The summed E-state index contributed by atoms with van der Waals surface area (Å²) in [4.78, 5) is 28.4. The maximum absolute atomic E-state index is 12.3. The predicted octanol–water partition coefficient (Wildman–Crippen LogP) is 2.56. The summed E-state index contributed by atoms with van der Waals surface area (Å²) in [6.07, 6.45) is 0. The molecule has 4 rings (SSSR count). The summed E-state index contributed by atoms with van der Waals surface area (Å²) >= 11 is 0. The third-order valence-electron chi connectivity index (χ3n) is 4.47. The number of nitrogens with zero attached hydrogens (tertiary/aromatic N) is 3. The standard InChI is InChI=1S/C20H18N4O4/c1-13(14-7-3-2-4-8-14)11-21-18(25)19-22-17(23-28-19)12-24-15-9-5-6-10-16(15)27-20(24)26/h2-10,13H,11-12H2,1H3,(H,21,25)/t13-/m0/s1. The molecule has 2 heterocycles. The van der Waals surface area contributed by atoms with Crippen molar-refractivity contribution in [3.05, 3.63) is 82.4 Å². The first-order valence-corrected chi connectivity index (χ1v) is 8.86. The maximum Gasteiger partial charge on any atom is 0.420 e. The van der Waals surface area contributed by atoms with Gasteiger partial charge in [0.1, 0.15) is 0 Å². The zero-order chi connectivity index (χ0) is 19.5. The summed E-state index contributed by atoms with van der Waals surface area (Å²) in [5.74, 6) is -0.756. The normalized spacial score (nSPS) is 12.2. The van der Waals surface area contributed by atoms with Gasteiger partial charge < -0.3 is 14.3 Å². The molecule has 0 aliphatic rings. The second-order valence-corrected chi connectivity index (χ2v) is 6.46. The number of aromatic nitrogens is 3. The summed E-state index contributed by atoms with van der Waals surface area (Å²) in [5.41, 5.74) is 2.23. The molecule has 4 aromatic rings. The largest absolute Gasteiger partial charge is 0.420 e. The first-order chi connectivity index (χ1) is 13.6. The smallest absolute Gasteiger partial charge is 0.408 e. The van der Waals surface area contributed by atoms with Crippen LogP contribution < -0.4 is 11.1 Å². The predicted molar refractivity (Wildman–Crippen MR) is 101 cm³/mol. The lowest BCUT2D eigenvalue weighted by Gasteiger charge is -2.11. The molecule has 142 valence electrons. The van der Waals surface area contributed by atoms with Gasteiger partial charge in [-0.3, -0.25) is 9.36 Å². The van der Waals surface area contributed by atoms with E-state index in [2.05, 4.69) is 15.5 Å². The van der Waals surface area contributed by atoms with E-state index < -0.39 is 11.7 Å². The van der Waals surface area contributed by atoms with E-state index in [-0.39, 0.29) is 24.2 Å². The van der Waals surface area contributed by atoms with Gasteiger partial charge >= 0.3 is 17.6 Å². The van der Waals surface area contributed by atoms with Crippen LogP contribution in [0, 0.1) is 0 Å². The van der Waals surface area contributed by atoms with E-state index in [0.29, 0.717) is 17.6 Å². The van der Waals surface area contributed by atoms with Crippen LogP contribution in [-0.2, 0) is 6.54 Å². The molecule has 0 saturated heterocycles. The number of fused-ring (bicyclic) bond motifs is 1. The molecule has 28 heavy (non-hydrogen) atoms. The number of carbonyl (C=O) groups is 1. The van der Waals surface area contributed by atoms with Gasteiger partial charge in [-0.15, -0.1) is 0 Å². The topological polar surface area (TPSA) is 103 Å². The van der Waals surface area contributed by atoms with Crippen LogP contribution in [0.15, 0.2) is 68.3 Å². The molecule has 0 spiro atoms. The van der Waals surface area contributed by atoms with Crippen molar-refractivity contribution in [2.24, 2.45) is 0 Å². The molecule has 2 aromatic heterocycles. The van der Waals surface area contributed by atoms with Gasteiger partial charge in [-0.05, 0) is 23.6 Å². The Hall–Kier alpha value is -3.68. The molecule has 2 aromatic carbocycles. The summed E-state index contributed by atoms with van der Waals surface area (Å²) in [5, 5.41) is 6.59. The molecule has 1 atom stereocenters. The zero-order valence-electron chi connectivity index (χ0n) is 15.2. The Bertz CT molecular complexity index is 1160. The number of benzene rings is 2. The Labute approximate surface area is 159 Å². The third-order valence-corrected chi connectivity index (χ3v) is 4.47. The first kappa shape index (κ1) is 17.7. The molecule has 0 aliphatic carbocycles. The Morgan fingerprint density at radius 1 is 1.14 bits per heavy atom. The lowest BCUT2D eigenvalue weighted by atomic mass is 10.0. The van der Waals surface area contributed by atoms with Gasteiger partial charge in [-0.1, -0.05) is 54.5 Å². The minimum atomic E-state index is -0.520. The third kappa shape index (κ3) is 3.57. The molecule has 8 heteroatoms. The fourth-order valence-electron chi connectivity index (χ4n) is 2.94. The van der Waals surface area contributed by atoms with Crippen LogP contribution in [0.25, 0.3) is 11.1 Å². The van der Waals surface area contributed by atoms with E-state index in [1.807, 2.05) is 37.3 Å². The Morgan fingerprint density at radius 3 is 2.71 bits per heavy atom. The van der Waals surface area contributed by atoms with Crippen LogP contribution in [0.4, 0.5) is 0 Å². The van der Waals surface area contributed by atoms with Crippen molar-refractivity contribution in [3.63, 3.8) is 0 Å². The fourth-order valence-corrected chi connectivity index (χ4v) is 2.94. The first-order valence-electron chi connectivity index (χ1n) is 8.86. The monoisotopic (exact) mass is 378 g/mol. The number of oxazole rings is 1. The molecule has 8 nitrogen and oxygen atoms in total. The minimum absolute atomic E-state index is 0.0487. The molecule has 0 unspecified atom stereocenters. The van der Waals surface area contributed by atoms with Crippen molar-refractivity contribution in [3.8, 4) is 0 Å². The number of para-hydroxylation sites is 2. The van der Waals surface area contributed by atoms with Gasteiger partial charge in [0.05, 0.1) is 12.1 Å². The van der Waals surface area contributed by atoms with E-state index >= 15 is 0 Å². The van der Waals surface area contributed by atoms with Gasteiger partial charge in [0.2, 0.25) is 0 Å². The molecule has 1 amide bonds. The number of hydrogen-bond donors (Lipinski definition) is 1. The molecular weight excluding hydrogens is 360 g/mol. The van der Waals surface area contributed by atoms with Crippen molar-refractivity contribution < 1.29 is 13.7 Å². The second-order valence-electron chi connectivity index (χ2n) is 6.46. The summed E-state index contributed by atoms with van der Waals surface area (Å²) < 4.78 is 11.6. The molecule has 0 saturated carbocycles. The van der Waals surface area contributed by atoms with Crippen molar-refractivity contribution in [2.75, 3.05) is 6.54 Å². The summed E-state index contributed by atoms with van der Waals surface area (Å²) in [6.45, 7) is 2.50. The van der Waals surface area contributed by atoms with Crippen LogP contribution >= 0.6 is 0 Å². The van der Waals surface area contributed by atoms with Crippen molar-refractivity contribution >= 4 is 17.0 Å². The average Bonchev–Trinajstić information content (AvgIpc) is 3.32. The van der Waals surface area contributed by atoms with Crippen molar-refractivity contribution in [1.29, 1.82) is 0 Å². The summed E-state index contributed by atoms with van der Waals surface area (Å²) in [7, 11) is 0. The highest BCUT2D eigenvalue weighted by Gasteiger charge is 2.18. The zero-order valence-corrected chi connectivity index (χ0v) is 15.2. The van der Waals surface area contributed by atoms with E-state index in [4.69, 9.17) is 8.94 Å². The van der Waals surface area contributed by atoms with Gasteiger partial charge in [0.25, 0.3) is 0 Å². The van der Waals surface area contributed by atoms with Crippen LogP contribution in [0.5, 0.6) is 0 Å². The molecule has 0 radical (unpaired) electrons. The Morgan fingerprint density at radius 2 is 1.89 bits per heavy atom. The number of hydrogen-bond acceptors (Lipinski definition) is 6. The SMILES string of the molecule is C[C@@H](CNC(=O)c1nc(Cn2c(=O)oc3ccccc32)no1)c1ccccc1. The lowest BCUT2D eigenvalue weighted by molar-refractivity contribution is 0.0907. The van der Waals surface area contributed by atoms with E-state index in [0.717, 1.165) is 5.56 Å². The lowest BCUT2D eigenvalue weighted by Crippen LogP contribution is -2.27. The Balaban J connectivity index is 1.43. The average molecular weight is 378 g/mol. The van der Waals surface area contributed by atoms with Crippen LogP contribution in [0.2, 0.25) is 0 Å². The molecule has 0 fully saturated rings. The number of nitrogens with one attached hydrogen (secondary N) is 1. The van der Waals surface area contributed by atoms with Crippen LogP contribution in [0.3, 0.4) is 0 Å². The molecule has 0 bridgehead atoms. The number of amides is 1. The minimum Gasteiger partial charge on any atom is -0.408 e. The highest BCUT2D eigenvalue weighted by Crippen LogP contribution is 2.14. The Kier molecular flexibility index (Phi) is 4.76. The van der Waals surface area contributed by atoms with E-state index in [1.165, 1.54) is 4.57 Å².